The molecule has 1 atom stereocenters. The second kappa shape index (κ2) is 6.28. The molecule has 2 aromatic rings. The van der Waals surface area contributed by atoms with Crippen LogP contribution in [0, 0.1) is 31.3 Å². The lowest BCUT2D eigenvalue weighted by atomic mass is 9.96. The van der Waals surface area contributed by atoms with Crippen LogP contribution in [0.5, 0.6) is 0 Å². The van der Waals surface area contributed by atoms with Crippen LogP contribution in [-0.4, -0.2) is 0 Å². The summed E-state index contributed by atoms with van der Waals surface area (Å²) in [7, 11) is 0. The van der Waals surface area contributed by atoms with E-state index in [9.17, 15) is 13.2 Å². The summed E-state index contributed by atoms with van der Waals surface area (Å²) >= 11 is 0. The quantitative estimate of drug-likeness (QED) is 0.669. The zero-order valence-electron chi connectivity index (χ0n) is 11.9. The Bertz CT molecular complexity index is 633. The van der Waals surface area contributed by atoms with E-state index in [1.165, 1.54) is 0 Å². The average Bonchev–Trinajstić information content (AvgIpc) is 2.40. The molecule has 0 aliphatic rings. The second-order valence-corrected chi connectivity index (χ2v) is 5.13. The van der Waals surface area contributed by atoms with Gasteiger partial charge in [-0.1, -0.05) is 18.2 Å². The largest absolute Gasteiger partial charge is 0.271 e. The third kappa shape index (κ3) is 3.43. The number of nitrogens with one attached hydrogen (secondary N) is 1. The number of hydrogen-bond donors (Lipinski definition) is 2. The molecule has 2 nitrogen and oxygen atoms in total. The van der Waals surface area contributed by atoms with Crippen molar-refractivity contribution in [3.05, 3.63) is 70.0 Å². The first-order chi connectivity index (χ1) is 9.92. The zero-order chi connectivity index (χ0) is 15.6. The SMILES string of the molecule is Cc1ccc(CC(NN)c2c(F)cc(F)cc2F)cc1C. The number of halogens is 3. The Kier molecular flexibility index (Phi) is 4.65. The summed E-state index contributed by atoms with van der Waals surface area (Å²) in [6.45, 7) is 3.94. The van der Waals surface area contributed by atoms with Crippen LogP contribution in [0.4, 0.5) is 13.2 Å². The first-order valence-corrected chi connectivity index (χ1v) is 6.59. The molecule has 0 aromatic heterocycles. The van der Waals surface area contributed by atoms with E-state index in [4.69, 9.17) is 5.84 Å². The van der Waals surface area contributed by atoms with Gasteiger partial charge in [-0.2, -0.15) is 0 Å². The van der Waals surface area contributed by atoms with E-state index in [0.717, 1.165) is 16.7 Å². The number of benzene rings is 2. The Morgan fingerprint density at radius 3 is 2.14 bits per heavy atom. The predicted octanol–water partition coefficient (Wildman–Crippen LogP) is 3.47. The summed E-state index contributed by atoms with van der Waals surface area (Å²) in [5.41, 5.74) is 5.26. The van der Waals surface area contributed by atoms with E-state index in [0.29, 0.717) is 18.6 Å². The van der Waals surface area contributed by atoms with E-state index >= 15 is 0 Å². The van der Waals surface area contributed by atoms with Gasteiger partial charge in [-0.25, -0.2) is 13.2 Å². The van der Waals surface area contributed by atoms with E-state index in [-0.39, 0.29) is 5.56 Å². The summed E-state index contributed by atoms with van der Waals surface area (Å²) in [5, 5.41) is 0. The maximum absolute atomic E-state index is 13.8. The molecule has 0 spiro atoms. The molecule has 21 heavy (non-hydrogen) atoms. The van der Waals surface area contributed by atoms with Crippen molar-refractivity contribution in [2.75, 3.05) is 0 Å². The molecular formula is C16H17F3N2. The Morgan fingerprint density at radius 2 is 1.62 bits per heavy atom. The van der Waals surface area contributed by atoms with Gasteiger partial charge in [0.15, 0.2) is 0 Å². The van der Waals surface area contributed by atoms with E-state index in [1.54, 1.807) is 0 Å². The highest BCUT2D eigenvalue weighted by molar-refractivity contribution is 5.32. The fraction of sp³-hybridized carbons (Fsp3) is 0.250. The molecule has 0 saturated heterocycles. The summed E-state index contributed by atoms with van der Waals surface area (Å²) in [4.78, 5) is 0. The molecule has 0 radical (unpaired) electrons. The van der Waals surface area contributed by atoms with Gasteiger partial charge in [0.05, 0.1) is 6.04 Å². The Balaban J connectivity index is 2.34. The highest BCUT2D eigenvalue weighted by Gasteiger charge is 2.21. The topological polar surface area (TPSA) is 38.0 Å². The van der Waals surface area contributed by atoms with E-state index in [2.05, 4.69) is 5.43 Å². The standard InChI is InChI=1S/C16H17F3N2/c1-9-3-4-11(5-10(9)2)6-15(21-20)16-13(18)7-12(17)8-14(16)19/h3-5,7-8,15,21H,6,20H2,1-2H3. The van der Waals surface area contributed by atoms with Crippen LogP contribution in [0.15, 0.2) is 30.3 Å². The highest BCUT2D eigenvalue weighted by Crippen LogP contribution is 2.25. The van der Waals surface area contributed by atoms with Crippen molar-refractivity contribution in [3.63, 3.8) is 0 Å². The fourth-order valence-electron chi connectivity index (χ4n) is 2.30. The number of nitrogens with two attached hydrogens (primary N) is 1. The van der Waals surface area contributed by atoms with Gasteiger partial charge in [0.2, 0.25) is 0 Å². The smallest absolute Gasteiger partial charge is 0.133 e. The van der Waals surface area contributed by atoms with Gasteiger partial charge in [-0.05, 0) is 37.0 Å². The Morgan fingerprint density at radius 1 is 1.00 bits per heavy atom. The normalized spacial score (nSPS) is 12.5. The molecule has 0 amide bonds. The van der Waals surface area contributed by atoms with Gasteiger partial charge in [-0.3, -0.25) is 11.3 Å². The molecule has 3 N–H and O–H groups in total. The zero-order valence-corrected chi connectivity index (χ0v) is 11.9. The minimum absolute atomic E-state index is 0.253. The average molecular weight is 294 g/mol. The molecule has 112 valence electrons. The molecule has 0 heterocycles. The monoisotopic (exact) mass is 294 g/mol. The van der Waals surface area contributed by atoms with Crippen LogP contribution in [0.1, 0.15) is 28.3 Å². The predicted molar refractivity (Wildman–Crippen MR) is 76.0 cm³/mol. The van der Waals surface area contributed by atoms with Crippen LogP contribution in [-0.2, 0) is 6.42 Å². The lowest BCUT2D eigenvalue weighted by Crippen LogP contribution is -2.31. The van der Waals surface area contributed by atoms with Gasteiger partial charge < -0.3 is 0 Å². The van der Waals surface area contributed by atoms with Crippen LogP contribution in [0.3, 0.4) is 0 Å². The van der Waals surface area contributed by atoms with E-state index < -0.39 is 23.5 Å². The molecule has 0 aliphatic heterocycles. The minimum Gasteiger partial charge on any atom is -0.271 e. The second-order valence-electron chi connectivity index (χ2n) is 5.13. The Labute approximate surface area is 121 Å². The maximum Gasteiger partial charge on any atom is 0.133 e. The number of hydrogen-bond acceptors (Lipinski definition) is 2. The van der Waals surface area contributed by atoms with Crippen molar-refractivity contribution >= 4 is 0 Å². The van der Waals surface area contributed by atoms with Crippen LogP contribution >= 0.6 is 0 Å². The van der Waals surface area contributed by atoms with Crippen LogP contribution in [0.25, 0.3) is 0 Å². The van der Waals surface area contributed by atoms with Crippen molar-refractivity contribution < 1.29 is 13.2 Å². The third-order valence-electron chi connectivity index (χ3n) is 3.60. The van der Waals surface area contributed by atoms with Crippen molar-refractivity contribution in [1.29, 1.82) is 0 Å². The van der Waals surface area contributed by atoms with Gasteiger partial charge in [-0.15, -0.1) is 0 Å². The highest BCUT2D eigenvalue weighted by atomic mass is 19.1. The molecule has 0 bridgehead atoms. The van der Waals surface area contributed by atoms with Gasteiger partial charge in [0.1, 0.15) is 17.5 Å². The van der Waals surface area contributed by atoms with Crippen molar-refractivity contribution in [2.24, 2.45) is 5.84 Å². The third-order valence-corrected chi connectivity index (χ3v) is 3.60. The minimum atomic E-state index is -0.948. The molecule has 2 aromatic carbocycles. The molecule has 1 unspecified atom stereocenters. The molecule has 0 aliphatic carbocycles. The molecule has 2 rings (SSSR count). The molecule has 5 heteroatoms. The Hall–Kier alpha value is -1.85. The number of rotatable bonds is 4. The van der Waals surface area contributed by atoms with Gasteiger partial charge >= 0.3 is 0 Å². The van der Waals surface area contributed by atoms with Crippen molar-refractivity contribution in [2.45, 2.75) is 26.3 Å². The molecular weight excluding hydrogens is 277 g/mol. The number of hydrazine groups is 1. The number of aryl methyl sites for hydroxylation is 2. The van der Waals surface area contributed by atoms with Crippen LogP contribution in [0.2, 0.25) is 0 Å². The van der Waals surface area contributed by atoms with Crippen LogP contribution < -0.4 is 11.3 Å². The van der Waals surface area contributed by atoms with E-state index in [1.807, 2.05) is 32.0 Å². The van der Waals surface area contributed by atoms with Gasteiger partial charge in [0.25, 0.3) is 0 Å². The maximum atomic E-state index is 13.8. The van der Waals surface area contributed by atoms with Gasteiger partial charge in [0, 0.05) is 17.7 Å². The lowest BCUT2D eigenvalue weighted by Gasteiger charge is -2.18. The summed E-state index contributed by atoms with van der Waals surface area (Å²) in [6.07, 6.45) is 0.303. The van der Waals surface area contributed by atoms with Crippen molar-refractivity contribution in [3.8, 4) is 0 Å². The fourth-order valence-corrected chi connectivity index (χ4v) is 2.30. The molecule has 0 fully saturated rings. The molecule has 0 saturated carbocycles. The summed E-state index contributed by atoms with van der Waals surface area (Å²) < 4.78 is 40.6. The summed E-state index contributed by atoms with van der Waals surface area (Å²) in [6, 6.07) is 6.31. The lowest BCUT2D eigenvalue weighted by molar-refractivity contribution is 0.462. The van der Waals surface area contributed by atoms with Crippen molar-refractivity contribution in [1.82, 2.24) is 5.43 Å². The summed E-state index contributed by atoms with van der Waals surface area (Å²) in [5.74, 6) is 2.58. The first kappa shape index (κ1) is 15.5. The first-order valence-electron chi connectivity index (χ1n) is 6.59.